The Bertz CT molecular complexity index is 752. The average Bonchev–Trinajstić information content (AvgIpc) is 2.83. The summed E-state index contributed by atoms with van der Waals surface area (Å²) in [4.78, 5) is 22.1. The van der Waals surface area contributed by atoms with E-state index in [1.54, 1.807) is 11.1 Å². The topological polar surface area (TPSA) is 59.7 Å². The monoisotopic (exact) mass is 362 g/mol. The predicted molar refractivity (Wildman–Crippen MR) is 87.4 cm³/mol. The number of amides is 1. The van der Waals surface area contributed by atoms with Crippen molar-refractivity contribution in [1.82, 2.24) is 14.5 Å². The Morgan fingerprint density at radius 3 is 3.09 bits per heavy atom. The molecule has 2 aromatic rings. The molecule has 0 fully saturated rings. The summed E-state index contributed by atoms with van der Waals surface area (Å²) < 4.78 is 8.58. The van der Waals surface area contributed by atoms with Gasteiger partial charge < -0.3 is 14.2 Å². The van der Waals surface area contributed by atoms with E-state index in [0.29, 0.717) is 18.8 Å². The predicted octanol–water partition coefficient (Wildman–Crippen LogP) is 2.44. The molecule has 1 aromatic heterocycles. The molecule has 1 aliphatic heterocycles. The quantitative estimate of drug-likeness (QED) is 0.608. The molecule has 0 N–H and O–H groups in total. The highest BCUT2D eigenvalue weighted by Gasteiger charge is 2.20. The van der Waals surface area contributed by atoms with Crippen LogP contribution in [0.5, 0.6) is 5.75 Å². The summed E-state index contributed by atoms with van der Waals surface area (Å²) in [6, 6.07) is 5.76. The molecule has 0 saturated heterocycles. The molecule has 22 heavy (non-hydrogen) atoms. The number of carbonyl (C=O) groups excluding carboxylic acids is 1. The van der Waals surface area contributed by atoms with Crippen LogP contribution in [-0.4, -0.2) is 47.4 Å². The lowest BCUT2D eigenvalue weighted by molar-refractivity contribution is 0.0998. The molecule has 0 radical (unpaired) electrons. The molecule has 1 aliphatic rings. The second kappa shape index (κ2) is 5.92. The molecule has 114 valence electrons. The van der Waals surface area contributed by atoms with Crippen LogP contribution in [0.2, 0.25) is 0 Å². The molecule has 1 aromatic carbocycles. The number of ether oxygens (including phenoxy) is 1. The van der Waals surface area contributed by atoms with Gasteiger partial charge in [0.25, 0.3) is 5.91 Å². The van der Waals surface area contributed by atoms with Crippen LogP contribution in [0.4, 0.5) is 0 Å². The van der Waals surface area contributed by atoms with Gasteiger partial charge in [-0.3, -0.25) is 4.79 Å². The van der Waals surface area contributed by atoms with Crippen molar-refractivity contribution in [2.75, 3.05) is 20.7 Å². The molecule has 3 rings (SSSR count). The van der Waals surface area contributed by atoms with Crippen LogP contribution in [0.15, 0.2) is 33.9 Å². The minimum absolute atomic E-state index is 0.334. The minimum atomic E-state index is -0.355. The van der Waals surface area contributed by atoms with Crippen LogP contribution in [-0.2, 0) is 6.54 Å². The van der Waals surface area contributed by atoms with Crippen molar-refractivity contribution in [3.8, 4) is 17.1 Å². The summed E-state index contributed by atoms with van der Waals surface area (Å²) in [7, 11) is 3.62. The molecule has 0 bridgehead atoms. The van der Waals surface area contributed by atoms with E-state index in [2.05, 4.69) is 25.9 Å². The van der Waals surface area contributed by atoms with E-state index in [4.69, 9.17) is 4.74 Å². The van der Waals surface area contributed by atoms with Crippen LogP contribution < -0.4 is 4.74 Å². The summed E-state index contributed by atoms with van der Waals surface area (Å²) in [5.74, 6) is 1.13. The van der Waals surface area contributed by atoms with Crippen molar-refractivity contribution in [1.29, 1.82) is 0 Å². The normalized spacial score (nSPS) is 13.2. The molecule has 0 saturated carbocycles. The first-order valence-electron chi connectivity index (χ1n) is 6.79. The van der Waals surface area contributed by atoms with Gasteiger partial charge in [-0.05, 0) is 18.2 Å². The number of benzene rings is 1. The second-order valence-electron chi connectivity index (χ2n) is 5.15. The van der Waals surface area contributed by atoms with Crippen molar-refractivity contribution in [3.05, 3.63) is 34.6 Å². The number of carbonyl (C=O) groups is 1. The Kier molecular flexibility index (Phi) is 3.98. The molecule has 0 atom stereocenters. The number of imidazole rings is 1. The van der Waals surface area contributed by atoms with Crippen molar-refractivity contribution >= 4 is 28.2 Å². The molecule has 7 heteroatoms. The number of fused-ring (bicyclic) bond motifs is 3. The zero-order valence-corrected chi connectivity index (χ0v) is 13.9. The van der Waals surface area contributed by atoms with E-state index < -0.39 is 0 Å². The maximum Gasteiger partial charge on any atom is 0.298 e. The Hall–Kier alpha value is -2.15. The first-order chi connectivity index (χ1) is 10.5. The number of aromatic nitrogens is 2. The van der Waals surface area contributed by atoms with E-state index in [1.807, 2.05) is 36.9 Å². The van der Waals surface area contributed by atoms with Crippen LogP contribution in [0.3, 0.4) is 0 Å². The average molecular weight is 363 g/mol. The van der Waals surface area contributed by atoms with Gasteiger partial charge in [-0.25, -0.2) is 4.98 Å². The third kappa shape index (κ3) is 2.89. The van der Waals surface area contributed by atoms with Crippen LogP contribution >= 0.6 is 15.9 Å². The Balaban J connectivity index is 2.02. The van der Waals surface area contributed by atoms with Gasteiger partial charge in [0.15, 0.2) is 0 Å². The summed E-state index contributed by atoms with van der Waals surface area (Å²) >= 11 is 3.46. The van der Waals surface area contributed by atoms with Crippen molar-refractivity contribution in [2.24, 2.45) is 4.99 Å². The molecule has 1 amide bonds. The number of rotatable bonds is 2. The molecule has 6 nitrogen and oxygen atoms in total. The van der Waals surface area contributed by atoms with Gasteiger partial charge in [0.2, 0.25) is 0 Å². The van der Waals surface area contributed by atoms with E-state index in [1.165, 1.54) is 6.34 Å². The Morgan fingerprint density at radius 1 is 1.50 bits per heavy atom. The lowest BCUT2D eigenvalue weighted by Gasteiger charge is -2.06. The fourth-order valence-corrected chi connectivity index (χ4v) is 2.56. The van der Waals surface area contributed by atoms with Crippen LogP contribution in [0, 0.1) is 0 Å². The Morgan fingerprint density at radius 2 is 2.32 bits per heavy atom. The zero-order chi connectivity index (χ0) is 15.7. The fourth-order valence-electron chi connectivity index (χ4n) is 2.20. The standard InChI is InChI=1S/C15H15BrN4O2/c1-19(2)9-17-15(21)12-8-20-5-6-22-13-4-3-10(16)7-11(13)14(20)18-12/h3-4,7-9H,5-6H2,1-2H3. The maximum atomic E-state index is 12.1. The lowest BCUT2D eigenvalue weighted by Crippen LogP contribution is -2.10. The van der Waals surface area contributed by atoms with Crippen molar-refractivity contribution < 1.29 is 9.53 Å². The largest absolute Gasteiger partial charge is 0.491 e. The van der Waals surface area contributed by atoms with Gasteiger partial charge in [0.05, 0.1) is 18.4 Å². The first-order valence-corrected chi connectivity index (χ1v) is 7.59. The summed E-state index contributed by atoms with van der Waals surface area (Å²) in [6.45, 7) is 1.17. The van der Waals surface area contributed by atoms with Gasteiger partial charge >= 0.3 is 0 Å². The number of aliphatic imine (C=N–C) groups is 1. The van der Waals surface area contributed by atoms with Crippen molar-refractivity contribution in [3.63, 3.8) is 0 Å². The number of halogens is 1. The highest BCUT2D eigenvalue weighted by molar-refractivity contribution is 9.10. The van der Waals surface area contributed by atoms with Gasteiger partial charge in [-0.15, -0.1) is 0 Å². The summed E-state index contributed by atoms with van der Waals surface area (Å²) in [5.41, 5.74) is 1.20. The minimum Gasteiger partial charge on any atom is -0.491 e. The molecular formula is C15H15BrN4O2. The van der Waals surface area contributed by atoms with Crippen LogP contribution in [0.25, 0.3) is 11.4 Å². The molecule has 2 heterocycles. The zero-order valence-electron chi connectivity index (χ0n) is 12.3. The van der Waals surface area contributed by atoms with E-state index >= 15 is 0 Å². The van der Waals surface area contributed by atoms with Crippen molar-refractivity contribution in [2.45, 2.75) is 6.54 Å². The second-order valence-corrected chi connectivity index (χ2v) is 6.06. The molecule has 0 spiro atoms. The molecule has 0 unspecified atom stereocenters. The third-order valence-electron chi connectivity index (χ3n) is 3.17. The SMILES string of the molecule is CN(C)C=NC(=O)c1cn2c(n1)-c1cc(Br)ccc1OCC2. The highest BCUT2D eigenvalue weighted by atomic mass is 79.9. The van der Waals surface area contributed by atoms with Gasteiger partial charge in [0, 0.05) is 24.8 Å². The van der Waals surface area contributed by atoms with Crippen LogP contribution in [0.1, 0.15) is 10.5 Å². The van der Waals surface area contributed by atoms with Gasteiger partial charge in [0.1, 0.15) is 23.9 Å². The number of hydrogen-bond acceptors (Lipinski definition) is 3. The summed E-state index contributed by atoms with van der Waals surface area (Å²) in [6.07, 6.45) is 3.20. The smallest absolute Gasteiger partial charge is 0.298 e. The van der Waals surface area contributed by atoms with E-state index in [-0.39, 0.29) is 5.91 Å². The summed E-state index contributed by atoms with van der Waals surface area (Å²) in [5, 5.41) is 0. The maximum absolute atomic E-state index is 12.1. The first kappa shape index (κ1) is 14.8. The third-order valence-corrected chi connectivity index (χ3v) is 3.67. The van der Waals surface area contributed by atoms with Gasteiger partial charge in [-0.1, -0.05) is 15.9 Å². The number of nitrogens with zero attached hydrogens (tertiary/aromatic N) is 4. The number of hydrogen-bond donors (Lipinski definition) is 0. The highest BCUT2D eigenvalue weighted by Crippen LogP contribution is 2.34. The molecular weight excluding hydrogens is 348 g/mol. The molecule has 0 aliphatic carbocycles. The fraction of sp³-hybridized carbons (Fsp3) is 0.267. The lowest BCUT2D eigenvalue weighted by atomic mass is 10.2. The van der Waals surface area contributed by atoms with Gasteiger partial charge in [-0.2, -0.15) is 4.99 Å². The van der Waals surface area contributed by atoms with E-state index in [0.717, 1.165) is 21.6 Å². The Labute approximate surface area is 136 Å². The van der Waals surface area contributed by atoms with E-state index in [9.17, 15) is 4.79 Å².